The fourth-order valence-electron chi connectivity index (χ4n) is 3.64. The van der Waals surface area contributed by atoms with Crippen molar-refractivity contribution < 1.29 is 23.7 Å². The van der Waals surface area contributed by atoms with E-state index in [1.165, 1.54) is 7.11 Å². The van der Waals surface area contributed by atoms with Gasteiger partial charge in [-0.1, -0.05) is 42.5 Å². The lowest BCUT2D eigenvalue weighted by Gasteiger charge is -2.16. The summed E-state index contributed by atoms with van der Waals surface area (Å²) in [6.07, 6.45) is 0.716. The lowest BCUT2D eigenvalue weighted by molar-refractivity contribution is -0.154. The number of fused-ring (bicyclic) bond motifs is 1. The Balaban J connectivity index is 1.37. The normalized spacial score (nSPS) is 11.7. The molecule has 1 heterocycles. The maximum absolute atomic E-state index is 12.1. The Bertz CT molecular complexity index is 1250. The molecule has 1 unspecified atom stereocenters. The third-order valence-corrected chi connectivity index (χ3v) is 5.50. The van der Waals surface area contributed by atoms with Gasteiger partial charge in [0.2, 0.25) is 5.88 Å². The first-order valence-electron chi connectivity index (χ1n) is 11.5. The summed E-state index contributed by atoms with van der Waals surface area (Å²) in [6, 6.07) is 24.7. The second-order valence-electron chi connectivity index (χ2n) is 7.84. The van der Waals surface area contributed by atoms with Gasteiger partial charge in [-0.25, -0.2) is 9.78 Å². The van der Waals surface area contributed by atoms with E-state index < -0.39 is 12.1 Å². The van der Waals surface area contributed by atoms with Gasteiger partial charge < -0.3 is 18.9 Å². The predicted molar refractivity (Wildman–Crippen MR) is 133 cm³/mol. The number of hydrogen-bond acceptors (Lipinski definition) is 7. The largest absolute Gasteiger partial charge is 0.497 e. The van der Waals surface area contributed by atoms with E-state index >= 15 is 0 Å². The van der Waals surface area contributed by atoms with Crippen LogP contribution < -0.4 is 9.47 Å². The average Bonchev–Trinajstić information content (AvgIpc) is 2.92. The van der Waals surface area contributed by atoms with Crippen LogP contribution in [0.2, 0.25) is 0 Å². The summed E-state index contributed by atoms with van der Waals surface area (Å²) in [5.74, 6) is 1.49. The number of aromatic nitrogens is 2. The molecule has 1 aromatic heterocycles. The number of ether oxygens (including phenoxy) is 4. The van der Waals surface area contributed by atoms with Crippen LogP contribution in [0.5, 0.6) is 11.6 Å². The zero-order valence-corrected chi connectivity index (χ0v) is 19.8. The van der Waals surface area contributed by atoms with Gasteiger partial charge in [0, 0.05) is 12.2 Å². The Kier molecular flexibility index (Phi) is 8.25. The summed E-state index contributed by atoms with van der Waals surface area (Å²) in [4.78, 5) is 21.5. The monoisotopic (exact) mass is 472 g/mol. The Morgan fingerprint density at radius 2 is 1.54 bits per heavy atom. The summed E-state index contributed by atoms with van der Waals surface area (Å²) >= 11 is 0. The number of nitrogens with zero attached hydrogens (tertiary/aromatic N) is 2. The van der Waals surface area contributed by atoms with Crippen LogP contribution in [0.3, 0.4) is 0 Å². The highest BCUT2D eigenvalue weighted by Crippen LogP contribution is 2.27. The molecule has 0 spiro atoms. The number of para-hydroxylation sites is 1. The molecule has 4 aromatic rings. The summed E-state index contributed by atoms with van der Waals surface area (Å²) in [7, 11) is 3.00. The van der Waals surface area contributed by atoms with E-state index in [2.05, 4.69) is 4.98 Å². The number of carbonyl (C=O) groups excluding carboxylic acids is 1. The molecule has 0 aliphatic heterocycles. The first-order valence-corrected chi connectivity index (χ1v) is 11.5. The average molecular weight is 473 g/mol. The fraction of sp³-hybridized carbons (Fsp3) is 0.250. The van der Waals surface area contributed by atoms with Crippen molar-refractivity contribution in [3.05, 3.63) is 84.4 Å². The first-order chi connectivity index (χ1) is 17.2. The van der Waals surface area contributed by atoms with Gasteiger partial charge >= 0.3 is 5.97 Å². The highest BCUT2D eigenvalue weighted by Gasteiger charge is 2.21. The maximum atomic E-state index is 12.1. The Morgan fingerprint density at radius 3 is 2.29 bits per heavy atom. The minimum absolute atomic E-state index is 0.402. The lowest BCUT2D eigenvalue weighted by atomic mass is 10.1. The molecule has 0 radical (unpaired) electrons. The molecule has 7 nitrogen and oxygen atoms in total. The van der Waals surface area contributed by atoms with E-state index in [0.29, 0.717) is 31.3 Å². The number of benzene rings is 3. The van der Waals surface area contributed by atoms with Gasteiger partial charge in [-0.15, -0.1) is 0 Å². The van der Waals surface area contributed by atoms with E-state index in [0.717, 1.165) is 34.2 Å². The van der Waals surface area contributed by atoms with Gasteiger partial charge in [0.15, 0.2) is 11.9 Å². The maximum Gasteiger partial charge on any atom is 0.339 e. The first kappa shape index (κ1) is 24.2. The van der Waals surface area contributed by atoms with Crippen molar-refractivity contribution in [3.63, 3.8) is 0 Å². The summed E-state index contributed by atoms with van der Waals surface area (Å²) < 4.78 is 22.0. The van der Waals surface area contributed by atoms with E-state index in [9.17, 15) is 4.79 Å². The number of esters is 1. The molecular formula is C28H28N2O5. The zero-order valence-electron chi connectivity index (χ0n) is 19.8. The summed E-state index contributed by atoms with van der Waals surface area (Å²) in [5.41, 5.74) is 2.47. The molecule has 0 bridgehead atoms. The van der Waals surface area contributed by atoms with Crippen molar-refractivity contribution >= 4 is 16.9 Å². The van der Waals surface area contributed by atoms with Crippen molar-refractivity contribution in [3.8, 4) is 23.0 Å². The van der Waals surface area contributed by atoms with Crippen molar-refractivity contribution in [2.45, 2.75) is 18.9 Å². The van der Waals surface area contributed by atoms with Crippen LogP contribution in [0.4, 0.5) is 0 Å². The Morgan fingerprint density at radius 1 is 0.829 bits per heavy atom. The third-order valence-electron chi connectivity index (χ3n) is 5.50. The second kappa shape index (κ2) is 11.9. The molecule has 0 aliphatic carbocycles. The van der Waals surface area contributed by atoms with Crippen LogP contribution in [-0.4, -0.2) is 43.4 Å². The molecule has 0 fully saturated rings. The Labute approximate surface area is 204 Å². The molecule has 1 atom stereocenters. The minimum atomic E-state index is -0.736. The quantitative estimate of drug-likeness (QED) is 0.214. The molecule has 0 N–H and O–H groups in total. The number of carbonyl (C=O) groups is 1. The van der Waals surface area contributed by atoms with Gasteiger partial charge in [-0.2, -0.15) is 4.98 Å². The lowest BCUT2D eigenvalue weighted by Crippen LogP contribution is -2.18. The molecule has 4 rings (SSSR count). The summed E-state index contributed by atoms with van der Waals surface area (Å²) in [5, 5.41) is 0.857. The molecule has 7 heteroatoms. The number of unbranched alkanes of at least 4 members (excludes halogenated alkanes) is 1. The molecule has 0 saturated heterocycles. The van der Waals surface area contributed by atoms with Crippen molar-refractivity contribution in [1.29, 1.82) is 0 Å². The van der Waals surface area contributed by atoms with Gasteiger partial charge in [-0.3, -0.25) is 0 Å². The van der Waals surface area contributed by atoms with E-state index in [-0.39, 0.29) is 0 Å². The van der Waals surface area contributed by atoms with Gasteiger partial charge in [0.1, 0.15) is 5.75 Å². The van der Waals surface area contributed by atoms with Crippen LogP contribution in [0.1, 0.15) is 24.5 Å². The number of methoxy groups -OCH3 is 2. The predicted octanol–water partition coefficient (Wildman–Crippen LogP) is 5.40. The second-order valence-corrected chi connectivity index (χ2v) is 7.84. The molecule has 0 amide bonds. The van der Waals surface area contributed by atoms with E-state index in [4.69, 9.17) is 23.9 Å². The van der Waals surface area contributed by atoms with Crippen molar-refractivity contribution in [2.75, 3.05) is 27.4 Å². The smallest absolute Gasteiger partial charge is 0.339 e. The Hall–Kier alpha value is -3.97. The molecule has 35 heavy (non-hydrogen) atoms. The van der Waals surface area contributed by atoms with E-state index in [1.54, 1.807) is 7.11 Å². The van der Waals surface area contributed by atoms with Gasteiger partial charge in [0.25, 0.3) is 0 Å². The topological polar surface area (TPSA) is 79.8 Å². The molecule has 3 aromatic carbocycles. The molecule has 0 aliphatic rings. The van der Waals surface area contributed by atoms with Crippen LogP contribution in [-0.2, 0) is 14.3 Å². The SMILES string of the molecule is COC(=O)C(OCCCCOc1nc(-c2ccc(OC)cc2)nc2ccccc12)c1ccccc1. The van der Waals surface area contributed by atoms with Crippen LogP contribution in [0.15, 0.2) is 78.9 Å². The standard InChI is InChI=1S/C28H28N2O5/c1-32-22-16-14-21(15-17-22)26-29-24-13-7-6-12-23(24)27(30-26)35-19-9-8-18-34-25(28(31)33-2)20-10-4-3-5-11-20/h3-7,10-17,25H,8-9,18-19H2,1-2H3. The van der Waals surface area contributed by atoms with Crippen molar-refractivity contribution in [1.82, 2.24) is 9.97 Å². The summed E-state index contributed by atoms with van der Waals surface area (Å²) in [6.45, 7) is 0.861. The fourth-order valence-corrected chi connectivity index (χ4v) is 3.64. The molecule has 180 valence electrons. The zero-order chi connectivity index (χ0) is 24.5. The van der Waals surface area contributed by atoms with Crippen LogP contribution in [0, 0.1) is 0 Å². The van der Waals surface area contributed by atoms with Crippen LogP contribution >= 0.6 is 0 Å². The number of rotatable bonds is 11. The third kappa shape index (κ3) is 6.13. The van der Waals surface area contributed by atoms with Crippen molar-refractivity contribution in [2.24, 2.45) is 0 Å². The molecular weight excluding hydrogens is 444 g/mol. The van der Waals surface area contributed by atoms with Crippen LogP contribution in [0.25, 0.3) is 22.3 Å². The highest BCUT2D eigenvalue weighted by molar-refractivity contribution is 5.85. The number of hydrogen-bond donors (Lipinski definition) is 0. The van der Waals surface area contributed by atoms with Gasteiger partial charge in [-0.05, 0) is 54.8 Å². The molecule has 0 saturated carbocycles. The minimum Gasteiger partial charge on any atom is -0.497 e. The van der Waals surface area contributed by atoms with Gasteiger partial charge in [0.05, 0.1) is 31.7 Å². The van der Waals surface area contributed by atoms with E-state index in [1.807, 2.05) is 78.9 Å². The highest BCUT2D eigenvalue weighted by atomic mass is 16.6.